The van der Waals surface area contributed by atoms with E-state index in [1.54, 1.807) is 12.1 Å². The van der Waals surface area contributed by atoms with E-state index < -0.39 is 24.4 Å². The van der Waals surface area contributed by atoms with E-state index in [-0.39, 0.29) is 18.1 Å². The second-order valence-electron chi connectivity index (χ2n) is 7.01. The zero-order chi connectivity index (χ0) is 23.4. The maximum Gasteiger partial charge on any atom is 0.387 e. The van der Waals surface area contributed by atoms with Gasteiger partial charge in [0.25, 0.3) is 5.91 Å². The summed E-state index contributed by atoms with van der Waals surface area (Å²) in [7, 11) is 1.35. The molecule has 1 unspecified atom stereocenters. The third kappa shape index (κ3) is 5.28. The Morgan fingerprint density at radius 1 is 1.18 bits per heavy atom. The predicted molar refractivity (Wildman–Crippen MR) is 117 cm³/mol. The number of hydrazone groups is 1. The molecule has 10 heteroatoms. The molecule has 2 aromatic carbocycles. The zero-order valence-electron chi connectivity index (χ0n) is 17.4. The summed E-state index contributed by atoms with van der Waals surface area (Å²) in [5, 5.41) is 7.75. The van der Waals surface area contributed by atoms with E-state index in [1.165, 1.54) is 53.8 Å². The Morgan fingerprint density at radius 2 is 1.97 bits per heavy atom. The number of rotatable bonds is 8. The van der Waals surface area contributed by atoms with Crippen LogP contribution in [0.5, 0.6) is 17.2 Å². The van der Waals surface area contributed by atoms with Crippen molar-refractivity contribution in [2.45, 2.75) is 19.1 Å². The van der Waals surface area contributed by atoms with Gasteiger partial charge in [-0.3, -0.25) is 4.79 Å². The van der Waals surface area contributed by atoms with Gasteiger partial charge in [0.05, 0.1) is 23.7 Å². The minimum atomic E-state index is -2.99. The normalized spacial score (nSPS) is 15.5. The molecule has 33 heavy (non-hydrogen) atoms. The number of methoxy groups -OCH3 is 1. The van der Waals surface area contributed by atoms with Gasteiger partial charge >= 0.3 is 6.61 Å². The summed E-state index contributed by atoms with van der Waals surface area (Å²) in [6, 6.07) is 13.1. The Balaban J connectivity index is 1.58. The molecule has 0 N–H and O–H groups in total. The van der Waals surface area contributed by atoms with Gasteiger partial charge in [-0.25, -0.2) is 9.40 Å². The average molecular weight is 476 g/mol. The van der Waals surface area contributed by atoms with E-state index in [2.05, 4.69) is 9.84 Å². The lowest BCUT2D eigenvalue weighted by atomic mass is 10.0. The van der Waals surface area contributed by atoms with Crippen molar-refractivity contribution >= 4 is 23.0 Å². The van der Waals surface area contributed by atoms with E-state index in [0.29, 0.717) is 17.7 Å². The van der Waals surface area contributed by atoms with E-state index in [9.17, 15) is 18.0 Å². The van der Waals surface area contributed by atoms with Crippen LogP contribution < -0.4 is 14.2 Å². The second kappa shape index (κ2) is 9.95. The highest BCUT2D eigenvalue weighted by atomic mass is 32.1. The van der Waals surface area contributed by atoms with Crippen molar-refractivity contribution in [3.63, 3.8) is 0 Å². The van der Waals surface area contributed by atoms with Crippen LogP contribution >= 0.6 is 11.3 Å². The fraction of sp³-hybridized carbons (Fsp3) is 0.217. The molecule has 0 bridgehead atoms. The van der Waals surface area contributed by atoms with Crippen LogP contribution in [0, 0.1) is 5.82 Å². The van der Waals surface area contributed by atoms with Gasteiger partial charge in [0.15, 0.2) is 18.1 Å². The number of alkyl halides is 2. The molecule has 0 radical (unpaired) electrons. The van der Waals surface area contributed by atoms with Crippen molar-refractivity contribution in [2.24, 2.45) is 5.10 Å². The summed E-state index contributed by atoms with van der Waals surface area (Å²) >= 11 is 1.50. The lowest BCUT2D eigenvalue weighted by Crippen LogP contribution is -2.31. The first-order valence-electron chi connectivity index (χ1n) is 9.89. The smallest absolute Gasteiger partial charge is 0.387 e. The Bertz CT molecular complexity index is 1140. The summed E-state index contributed by atoms with van der Waals surface area (Å²) < 4.78 is 53.7. The monoisotopic (exact) mass is 476 g/mol. The third-order valence-corrected chi connectivity index (χ3v) is 5.85. The molecule has 4 rings (SSSR count). The molecule has 2 heterocycles. The molecule has 1 aliphatic rings. The average Bonchev–Trinajstić information content (AvgIpc) is 3.48. The zero-order valence-corrected chi connectivity index (χ0v) is 18.2. The molecule has 0 spiro atoms. The standard InChI is InChI=1S/C23H19F3N2O4S/c1-30-20-11-14(4-9-19(20)32-23(25)26)18-12-17(21-3-2-10-33-21)27-28(18)22(29)13-31-16-7-5-15(24)6-8-16/h2-11,18,23H,12-13H2,1H3. The predicted octanol–water partition coefficient (Wildman–Crippen LogP) is 5.25. The molecule has 0 aliphatic carbocycles. The number of hydrogen-bond acceptors (Lipinski definition) is 6. The molecule has 1 aliphatic heterocycles. The number of carbonyl (C=O) groups excluding carboxylic acids is 1. The van der Waals surface area contributed by atoms with Crippen molar-refractivity contribution in [3.8, 4) is 17.2 Å². The first-order valence-corrected chi connectivity index (χ1v) is 10.8. The molecular weight excluding hydrogens is 457 g/mol. The molecule has 1 atom stereocenters. The minimum absolute atomic E-state index is 0.105. The summed E-state index contributed by atoms with van der Waals surface area (Å²) in [4.78, 5) is 13.9. The summed E-state index contributed by atoms with van der Waals surface area (Å²) in [6.45, 7) is -3.31. The summed E-state index contributed by atoms with van der Waals surface area (Å²) in [5.41, 5.74) is 1.36. The van der Waals surface area contributed by atoms with Crippen LogP contribution in [0.3, 0.4) is 0 Å². The molecule has 6 nitrogen and oxygen atoms in total. The third-order valence-electron chi connectivity index (χ3n) is 4.94. The highest BCUT2D eigenvalue weighted by Gasteiger charge is 2.34. The van der Waals surface area contributed by atoms with Gasteiger partial charge in [-0.2, -0.15) is 13.9 Å². The summed E-state index contributed by atoms with van der Waals surface area (Å²) in [6.07, 6.45) is 0.418. The lowest BCUT2D eigenvalue weighted by Gasteiger charge is -2.23. The number of thiophene rings is 1. The fourth-order valence-electron chi connectivity index (χ4n) is 3.42. The number of nitrogens with zero attached hydrogens (tertiary/aromatic N) is 2. The van der Waals surface area contributed by atoms with Crippen molar-refractivity contribution in [1.29, 1.82) is 0 Å². The van der Waals surface area contributed by atoms with Crippen LogP contribution in [0.1, 0.15) is 22.9 Å². The highest BCUT2D eigenvalue weighted by Crippen LogP contribution is 2.38. The van der Waals surface area contributed by atoms with Crippen molar-refractivity contribution in [2.75, 3.05) is 13.7 Å². The van der Waals surface area contributed by atoms with Crippen LogP contribution in [0.4, 0.5) is 13.2 Å². The molecule has 1 amide bonds. The first kappa shape index (κ1) is 22.7. The molecular formula is C23H19F3N2O4S. The Kier molecular flexibility index (Phi) is 6.83. The van der Waals surface area contributed by atoms with E-state index >= 15 is 0 Å². The van der Waals surface area contributed by atoms with Crippen LogP contribution in [0.25, 0.3) is 0 Å². The maximum atomic E-state index is 13.1. The highest BCUT2D eigenvalue weighted by molar-refractivity contribution is 7.12. The van der Waals surface area contributed by atoms with Gasteiger partial charge in [-0.05, 0) is 53.4 Å². The number of benzene rings is 2. The van der Waals surface area contributed by atoms with Gasteiger partial charge in [0, 0.05) is 6.42 Å². The number of hydrogen-bond donors (Lipinski definition) is 0. The van der Waals surface area contributed by atoms with Gasteiger partial charge < -0.3 is 14.2 Å². The lowest BCUT2D eigenvalue weighted by molar-refractivity contribution is -0.135. The molecule has 172 valence electrons. The van der Waals surface area contributed by atoms with Crippen LogP contribution in [-0.2, 0) is 4.79 Å². The number of carbonyl (C=O) groups is 1. The van der Waals surface area contributed by atoms with Crippen LogP contribution in [0.15, 0.2) is 65.1 Å². The van der Waals surface area contributed by atoms with Crippen molar-refractivity contribution in [3.05, 3.63) is 76.2 Å². The van der Waals surface area contributed by atoms with Crippen LogP contribution in [-0.4, -0.2) is 37.0 Å². The van der Waals surface area contributed by atoms with E-state index in [4.69, 9.17) is 9.47 Å². The molecule has 0 fully saturated rings. The van der Waals surface area contributed by atoms with Crippen LogP contribution in [0.2, 0.25) is 0 Å². The number of ether oxygens (including phenoxy) is 3. The van der Waals surface area contributed by atoms with Gasteiger partial charge in [-0.15, -0.1) is 11.3 Å². The molecule has 3 aromatic rings. The fourth-order valence-corrected chi connectivity index (χ4v) is 4.14. The SMILES string of the molecule is COc1cc(C2CC(c3cccs3)=NN2C(=O)COc2ccc(F)cc2)ccc1OC(F)F. The van der Waals surface area contributed by atoms with Gasteiger partial charge in [0.1, 0.15) is 11.6 Å². The topological polar surface area (TPSA) is 60.4 Å². The van der Waals surface area contributed by atoms with Gasteiger partial charge in [-0.1, -0.05) is 12.1 Å². The largest absolute Gasteiger partial charge is 0.493 e. The Labute approximate surface area is 191 Å². The quantitative estimate of drug-likeness (QED) is 0.445. The maximum absolute atomic E-state index is 13.1. The Morgan fingerprint density at radius 3 is 2.64 bits per heavy atom. The van der Waals surface area contributed by atoms with E-state index in [0.717, 1.165) is 10.6 Å². The minimum Gasteiger partial charge on any atom is -0.493 e. The number of amides is 1. The molecule has 0 saturated carbocycles. The molecule has 1 aromatic heterocycles. The first-order chi connectivity index (χ1) is 15.9. The summed E-state index contributed by atoms with van der Waals surface area (Å²) in [5.74, 6) is -0.467. The van der Waals surface area contributed by atoms with Gasteiger partial charge in [0.2, 0.25) is 0 Å². The van der Waals surface area contributed by atoms with Crippen molar-refractivity contribution in [1.82, 2.24) is 5.01 Å². The number of halogens is 3. The van der Waals surface area contributed by atoms with E-state index in [1.807, 2.05) is 17.5 Å². The Hall–Kier alpha value is -3.53. The molecule has 0 saturated heterocycles. The second-order valence-corrected chi connectivity index (χ2v) is 7.96. The van der Waals surface area contributed by atoms with Crippen molar-refractivity contribution < 1.29 is 32.2 Å².